The molecule has 1 unspecified atom stereocenters. The molecule has 0 aliphatic rings. The number of rotatable bonds is 7. The summed E-state index contributed by atoms with van der Waals surface area (Å²) in [6.45, 7) is 5.34. The van der Waals surface area contributed by atoms with Crippen LogP contribution in [0.1, 0.15) is 46.5 Å². The molecule has 0 spiro atoms. The van der Waals surface area contributed by atoms with Gasteiger partial charge in [-0.15, -0.1) is 0 Å². The van der Waals surface area contributed by atoms with E-state index in [-0.39, 0.29) is 31.5 Å². The minimum Gasteiger partial charge on any atom is -0.481 e. The quantitative estimate of drug-likeness (QED) is 0.714. The first-order valence-corrected chi connectivity index (χ1v) is 5.62. The highest BCUT2D eigenvalue weighted by atomic mass is 16.4. The van der Waals surface area contributed by atoms with Crippen LogP contribution < -0.4 is 0 Å². The van der Waals surface area contributed by atoms with E-state index in [0.717, 1.165) is 0 Å². The molecular weight excluding hydrogens is 224 g/mol. The standard InChI is InChI=1S/C12H20O5/c1-12(2,3)9(13)6-4-8(11(16)17)5-7-10(14)15/h8H,4-7H2,1-3H3,(H,14,15)(H,16,17). The van der Waals surface area contributed by atoms with Gasteiger partial charge in [0.1, 0.15) is 5.78 Å². The van der Waals surface area contributed by atoms with E-state index in [0.29, 0.717) is 0 Å². The fourth-order valence-electron chi connectivity index (χ4n) is 1.37. The van der Waals surface area contributed by atoms with E-state index in [4.69, 9.17) is 10.2 Å². The summed E-state index contributed by atoms with van der Waals surface area (Å²) in [6.07, 6.45) is 0.279. The molecule has 0 bridgehead atoms. The molecule has 0 aliphatic carbocycles. The summed E-state index contributed by atoms with van der Waals surface area (Å²) in [6, 6.07) is 0. The summed E-state index contributed by atoms with van der Waals surface area (Å²) >= 11 is 0. The van der Waals surface area contributed by atoms with Crippen molar-refractivity contribution in [1.29, 1.82) is 0 Å². The zero-order valence-electron chi connectivity index (χ0n) is 10.5. The molecule has 0 aromatic heterocycles. The van der Waals surface area contributed by atoms with Gasteiger partial charge >= 0.3 is 11.9 Å². The van der Waals surface area contributed by atoms with Gasteiger partial charge in [0.25, 0.3) is 0 Å². The van der Waals surface area contributed by atoms with Crippen molar-refractivity contribution < 1.29 is 24.6 Å². The molecule has 0 aliphatic heterocycles. The first kappa shape index (κ1) is 15.6. The molecule has 0 rings (SSSR count). The number of carboxylic acid groups (broad SMARTS) is 2. The maximum Gasteiger partial charge on any atom is 0.306 e. The molecule has 0 aromatic carbocycles. The lowest BCUT2D eigenvalue weighted by Crippen LogP contribution is -2.23. The SMILES string of the molecule is CC(C)(C)C(=O)CCC(CCC(=O)O)C(=O)O. The Kier molecular flexibility index (Phi) is 5.85. The Hall–Kier alpha value is -1.39. The third kappa shape index (κ3) is 6.71. The van der Waals surface area contributed by atoms with Crippen molar-refractivity contribution in [2.24, 2.45) is 11.3 Å². The highest BCUT2D eigenvalue weighted by molar-refractivity contribution is 5.84. The summed E-state index contributed by atoms with van der Waals surface area (Å²) in [5.41, 5.74) is -0.476. The Morgan fingerprint density at radius 3 is 1.82 bits per heavy atom. The van der Waals surface area contributed by atoms with Crippen LogP contribution in [0.15, 0.2) is 0 Å². The molecular formula is C12H20O5. The fraction of sp³-hybridized carbons (Fsp3) is 0.750. The predicted octanol–water partition coefficient (Wildman–Crippen LogP) is 1.95. The van der Waals surface area contributed by atoms with Crippen LogP contribution >= 0.6 is 0 Å². The van der Waals surface area contributed by atoms with Crippen molar-refractivity contribution >= 4 is 17.7 Å². The Labute approximate surface area is 101 Å². The highest BCUT2D eigenvalue weighted by Crippen LogP contribution is 2.21. The fourth-order valence-corrected chi connectivity index (χ4v) is 1.37. The van der Waals surface area contributed by atoms with E-state index in [1.807, 2.05) is 0 Å². The summed E-state index contributed by atoms with van der Waals surface area (Å²) in [5, 5.41) is 17.4. The largest absolute Gasteiger partial charge is 0.481 e. The summed E-state index contributed by atoms with van der Waals surface area (Å²) < 4.78 is 0. The predicted molar refractivity (Wildman–Crippen MR) is 61.7 cm³/mol. The molecule has 0 aromatic rings. The van der Waals surface area contributed by atoms with Gasteiger partial charge in [0.2, 0.25) is 0 Å². The topological polar surface area (TPSA) is 91.7 Å². The average molecular weight is 244 g/mol. The normalized spacial score (nSPS) is 13.1. The summed E-state index contributed by atoms with van der Waals surface area (Å²) in [4.78, 5) is 32.9. The maximum absolute atomic E-state index is 11.6. The van der Waals surface area contributed by atoms with Gasteiger partial charge in [-0.2, -0.15) is 0 Å². The van der Waals surface area contributed by atoms with Crippen molar-refractivity contribution in [3.05, 3.63) is 0 Å². The Bertz CT molecular complexity index is 301. The highest BCUT2D eigenvalue weighted by Gasteiger charge is 2.25. The van der Waals surface area contributed by atoms with Crippen LogP contribution in [0.3, 0.4) is 0 Å². The van der Waals surface area contributed by atoms with Crippen molar-refractivity contribution in [3.63, 3.8) is 0 Å². The van der Waals surface area contributed by atoms with E-state index in [9.17, 15) is 14.4 Å². The molecule has 0 saturated heterocycles. The van der Waals surface area contributed by atoms with E-state index in [2.05, 4.69) is 0 Å². The number of hydrogen-bond acceptors (Lipinski definition) is 3. The second-order valence-corrected chi connectivity index (χ2v) is 5.18. The van der Waals surface area contributed by atoms with Crippen molar-refractivity contribution in [1.82, 2.24) is 0 Å². The Balaban J connectivity index is 4.24. The van der Waals surface area contributed by atoms with Gasteiger partial charge < -0.3 is 10.2 Å². The van der Waals surface area contributed by atoms with Gasteiger partial charge in [-0.1, -0.05) is 20.8 Å². The van der Waals surface area contributed by atoms with Crippen molar-refractivity contribution in [3.8, 4) is 0 Å². The monoisotopic (exact) mass is 244 g/mol. The molecule has 1 atom stereocenters. The lowest BCUT2D eigenvalue weighted by atomic mass is 9.85. The zero-order valence-corrected chi connectivity index (χ0v) is 10.5. The molecule has 98 valence electrons. The minimum absolute atomic E-state index is 0.000856. The van der Waals surface area contributed by atoms with Crippen LogP contribution in [0.25, 0.3) is 0 Å². The number of carboxylic acids is 2. The molecule has 0 heterocycles. The second kappa shape index (κ2) is 6.37. The van der Waals surface area contributed by atoms with Gasteiger partial charge in [-0.3, -0.25) is 14.4 Å². The van der Waals surface area contributed by atoms with Crippen LogP contribution in [-0.4, -0.2) is 27.9 Å². The van der Waals surface area contributed by atoms with Crippen LogP contribution in [0.2, 0.25) is 0 Å². The van der Waals surface area contributed by atoms with Crippen LogP contribution in [0.4, 0.5) is 0 Å². The Morgan fingerprint density at radius 1 is 1.00 bits per heavy atom. The molecule has 0 saturated carbocycles. The smallest absolute Gasteiger partial charge is 0.306 e. The molecule has 0 fully saturated rings. The molecule has 5 heteroatoms. The number of ketones is 1. The minimum atomic E-state index is -1.03. The van der Waals surface area contributed by atoms with Crippen LogP contribution in [0.5, 0.6) is 0 Å². The molecule has 5 nitrogen and oxygen atoms in total. The van der Waals surface area contributed by atoms with E-state index in [1.54, 1.807) is 20.8 Å². The van der Waals surface area contributed by atoms with Gasteiger partial charge in [-0.25, -0.2) is 0 Å². The third-order valence-corrected chi connectivity index (χ3v) is 2.61. The molecule has 0 radical (unpaired) electrons. The van der Waals surface area contributed by atoms with E-state index < -0.39 is 23.3 Å². The lowest BCUT2D eigenvalue weighted by Gasteiger charge is -2.18. The van der Waals surface area contributed by atoms with E-state index >= 15 is 0 Å². The number of Topliss-reactive ketones (excluding diaryl/α,β-unsaturated/α-hetero) is 1. The van der Waals surface area contributed by atoms with Crippen molar-refractivity contribution in [2.75, 3.05) is 0 Å². The average Bonchev–Trinajstić information content (AvgIpc) is 2.14. The van der Waals surface area contributed by atoms with Gasteiger partial charge in [0.15, 0.2) is 0 Å². The van der Waals surface area contributed by atoms with Gasteiger partial charge in [-0.05, 0) is 12.8 Å². The van der Waals surface area contributed by atoms with Crippen LogP contribution in [-0.2, 0) is 14.4 Å². The number of carbonyl (C=O) groups excluding carboxylic acids is 1. The summed E-state index contributed by atoms with van der Waals surface area (Å²) in [7, 11) is 0. The first-order chi connectivity index (χ1) is 7.64. The molecule has 17 heavy (non-hydrogen) atoms. The number of hydrogen-bond donors (Lipinski definition) is 2. The molecule has 2 N–H and O–H groups in total. The third-order valence-electron chi connectivity index (χ3n) is 2.61. The van der Waals surface area contributed by atoms with Gasteiger partial charge in [0.05, 0.1) is 5.92 Å². The number of aliphatic carboxylic acids is 2. The Morgan fingerprint density at radius 2 is 1.47 bits per heavy atom. The molecule has 0 amide bonds. The van der Waals surface area contributed by atoms with Crippen LogP contribution in [0, 0.1) is 11.3 Å². The van der Waals surface area contributed by atoms with Crippen molar-refractivity contribution in [2.45, 2.75) is 46.5 Å². The second-order valence-electron chi connectivity index (χ2n) is 5.18. The first-order valence-electron chi connectivity index (χ1n) is 5.62. The lowest BCUT2D eigenvalue weighted by molar-refractivity contribution is -0.143. The zero-order chi connectivity index (χ0) is 13.6. The maximum atomic E-state index is 11.6. The number of carbonyl (C=O) groups is 3. The van der Waals surface area contributed by atoms with E-state index in [1.165, 1.54) is 0 Å². The van der Waals surface area contributed by atoms with Gasteiger partial charge in [0, 0.05) is 18.3 Å². The summed E-state index contributed by atoms with van der Waals surface area (Å²) in [5.74, 6) is -2.80.